The highest BCUT2D eigenvalue weighted by Gasteiger charge is 2.30. The summed E-state index contributed by atoms with van der Waals surface area (Å²) in [6.45, 7) is 0. The minimum atomic E-state index is -4.42. The molecule has 11 heteroatoms. The Bertz CT molecular complexity index is 1030. The lowest BCUT2D eigenvalue weighted by Gasteiger charge is -2.09. The van der Waals surface area contributed by atoms with Gasteiger partial charge in [0.2, 0.25) is 5.76 Å². The second kappa shape index (κ2) is 8.55. The smallest absolute Gasteiger partial charge is 0.416 e. The second-order valence-electron chi connectivity index (χ2n) is 5.80. The largest absolute Gasteiger partial charge is 0.457 e. The number of hydrogen-bond acceptors (Lipinski definition) is 6. The third-order valence-electron chi connectivity index (χ3n) is 3.68. The number of hydrogen-bond donors (Lipinski definition) is 2. The Morgan fingerprint density at radius 2 is 1.57 bits per heavy atom. The molecule has 3 aromatic rings. The van der Waals surface area contributed by atoms with Crippen molar-refractivity contribution in [1.82, 2.24) is 5.16 Å². The summed E-state index contributed by atoms with van der Waals surface area (Å²) in [5.41, 5.74) is -0.371. The molecule has 0 spiro atoms. The Labute approximate surface area is 167 Å². The van der Waals surface area contributed by atoms with E-state index in [-0.39, 0.29) is 17.3 Å². The molecular formula is C19H14F3N3O5. The molecule has 156 valence electrons. The normalized spacial score (nSPS) is 10.9. The van der Waals surface area contributed by atoms with Gasteiger partial charge in [-0.2, -0.15) is 13.2 Å². The molecular weight excluding hydrogens is 407 g/mol. The molecule has 2 amide bonds. The highest BCUT2D eigenvalue weighted by atomic mass is 19.4. The van der Waals surface area contributed by atoms with Crippen molar-refractivity contribution >= 4 is 23.5 Å². The fraction of sp³-hybridized carbons (Fsp3) is 0.105. The number of aromatic nitrogens is 1. The van der Waals surface area contributed by atoms with Crippen molar-refractivity contribution in [2.24, 2.45) is 0 Å². The third kappa shape index (κ3) is 5.28. The molecule has 0 bridgehead atoms. The molecule has 0 saturated heterocycles. The SMILES string of the molecule is COC(=O)Nc1cc(C(=O)Nc2ccc(Oc3ccc(C(F)(F)F)cc3)cc2)on1. The van der Waals surface area contributed by atoms with Gasteiger partial charge in [-0.05, 0) is 48.5 Å². The highest BCUT2D eigenvalue weighted by molar-refractivity contribution is 6.02. The molecule has 0 aliphatic heterocycles. The van der Waals surface area contributed by atoms with E-state index in [4.69, 9.17) is 9.26 Å². The van der Waals surface area contributed by atoms with E-state index in [2.05, 4.69) is 20.5 Å². The van der Waals surface area contributed by atoms with Crippen molar-refractivity contribution in [1.29, 1.82) is 0 Å². The first-order valence-corrected chi connectivity index (χ1v) is 8.33. The van der Waals surface area contributed by atoms with Crippen LogP contribution in [0.3, 0.4) is 0 Å². The Balaban J connectivity index is 1.59. The van der Waals surface area contributed by atoms with Gasteiger partial charge in [0.1, 0.15) is 11.5 Å². The first-order chi connectivity index (χ1) is 14.2. The van der Waals surface area contributed by atoms with Crippen molar-refractivity contribution in [3.05, 3.63) is 65.9 Å². The number of halogens is 3. The van der Waals surface area contributed by atoms with Crippen LogP contribution in [0.1, 0.15) is 16.1 Å². The number of anilines is 2. The Hall–Kier alpha value is -4.02. The fourth-order valence-corrected chi connectivity index (χ4v) is 2.24. The van der Waals surface area contributed by atoms with E-state index in [1.807, 2.05) is 0 Å². The van der Waals surface area contributed by atoms with Crippen molar-refractivity contribution in [3.63, 3.8) is 0 Å². The lowest BCUT2D eigenvalue weighted by Crippen LogP contribution is -2.12. The lowest BCUT2D eigenvalue weighted by atomic mass is 10.2. The first-order valence-electron chi connectivity index (χ1n) is 8.33. The zero-order chi connectivity index (χ0) is 21.7. The van der Waals surface area contributed by atoms with Gasteiger partial charge in [-0.15, -0.1) is 0 Å². The van der Waals surface area contributed by atoms with Crippen LogP contribution in [0.2, 0.25) is 0 Å². The standard InChI is InChI=1S/C19H14F3N3O5/c1-28-18(27)24-16-10-15(30-25-16)17(26)23-12-4-8-14(9-5-12)29-13-6-2-11(3-7-13)19(20,21)22/h2-10H,1H3,(H,23,26)(H,24,25,27). The van der Waals surface area contributed by atoms with E-state index < -0.39 is 23.7 Å². The number of rotatable bonds is 5. The molecule has 3 rings (SSSR count). The third-order valence-corrected chi connectivity index (χ3v) is 3.68. The van der Waals surface area contributed by atoms with Crippen molar-refractivity contribution < 1.29 is 36.8 Å². The number of amides is 2. The molecule has 2 N–H and O–H groups in total. The number of benzene rings is 2. The van der Waals surface area contributed by atoms with E-state index in [0.29, 0.717) is 11.4 Å². The molecule has 0 radical (unpaired) electrons. The van der Waals surface area contributed by atoms with E-state index in [9.17, 15) is 22.8 Å². The van der Waals surface area contributed by atoms with Crippen LogP contribution in [0.4, 0.5) is 29.5 Å². The van der Waals surface area contributed by atoms with E-state index in [1.54, 1.807) is 0 Å². The molecule has 2 aromatic carbocycles. The summed E-state index contributed by atoms with van der Waals surface area (Å²) in [5.74, 6) is -0.167. The second-order valence-corrected chi connectivity index (χ2v) is 5.80. The van der Waals surface area contributed by atoms with Gasteiger partial charge in [0.15, 0.2) is 5.82 Å². The molecule has 0 fully saturated rings. The molecule has 0 unspecified atom stereocenters. The molecule has 0 saturated carbocycles. The number of carbonyl (C=O) groups is 2. The van der Waals surface area contributed by atoms with Crippen molar-refractivity contribution in [2.75, 3.05) is 17.7 Å². The number of methoxy groups -OCH3 is 1. The zero-order valence-electron chi connectivity index (χ0n) is 15.3. The molecule has 0 atom stereocenters. The van der Waals surface area contributed by atoms with Crippen LogP contribution >= 0.6 is 0 Å². The van der Waals surface area contributed by atoms with E-state index in [1.165, 1.54) is 49.6 Å². The molecule has 30 heavy (non-hydrogen) atoms. The first kappa shape index (κ1) is 20.7. The summed E-state index contributed by atoms with van der Waals surface area (Å²) in [4.78, 5) is 23.3. The minimum absolute atomic E-state index is 0.00675. The van der Waals surface area contributed by atoms with Gasteiger partial charge >= 0.3 is 12.3 Å². The summed E-state index contributed by atoms with van der Waals surface area (Å²) in [7, 11) is 1.17. The predicted molar refractivity (Wildman–Crippen MR) is 98.4 cm³/mol. The lowest BCUT2D eigenvalue weighted by molar-refractivity contribution is -0.137. The summed E-state index contributed by atoms with van der Waals surface area (Å²) in [6, 6.07) is 11.6. The maximum Gasteiger partial charge on any atom is 0.416 e. The zero-order valence-corrected chi connectivity index (χ0v) is 15.3. The monoisotopic (exact) mass is 421 g/mol. The predicted octanol–water partition coefficient (Wildman–Crippen LogP) is 4.92. The van der Waals surface area contributed by atoms with Gasteiger partial charge in [0, 0.05) is 11.8 Å². The average molecular weight is 421 g/mol. The molecule has 8 nitrogen and oxygen atoms in total. The van der Waals surface area contributed by atoms with Crippen LogP contribution < -0.4 is 15.4 Å². The number of alkyl halides is 3. The van der Waals surface area contributed by atoms with Gasteiger partial charge in [-0.3, -0.25) is 10.1 Å². The van der Waals surface area contributed by atoms with Gasteiger partial charge < -0.3 is 19.3 Å². The van der Waals surface area contributed by atoms with Gasteiger partial charge in [-0.25, -0.2) is 4.79 Å². The van der Waals surface area contributed by atoms with Gasteiger partial charge in [-0.1, -0.05) is 5.16 Å². The van der Waals surface area contributed by atoms with Crippen LogP contribution in [-0.4, -0.2) is 24.3 Å². The summed E-state index contributed by atoms with van der Waals surface area (Å²) >= 11 is 0. The minimum Gasteiger partial charge on any atom is -0.457 e. The Kier molecular flexibility index (Phi) is 5.90. The molecule has 1 aromatic heterocycles. The molecule has 0 aliphatic carbocycles. The number of nitrogens with one attached hydrogen (secondary N) is 2. The van der Waals surface area contributed by atoms with Crippen molar-refractivity contribution in [2.45, 2.75) is 6.18 Å². The van der Waals surface area contributed by atoms with Crippen LogP contribution in [0.5, 0.6) is 11.5 Å². The quantitative estimate of drug-likeness (QED) is 0.607. The molecule has 0 aliphatic rings. The van der Waals surface area contributed by atoms with Crippen LogP contribution in [0.15, 0.2) is 59.1 Å². The Morgan fingerprint density at radius 3 is 2.13 bits per heavy atom. The highest BCUT2D eigenvalue weighted by Crippen LogP contribution is 2.31. The van der Waals surface area contributed by atoms with E-state index >= 15 is 0 Å². The summed E-state index contributed by atoms with van der Waals surface area (Å²) in [6.07, 6.45) is -5.18. The maximum absolute atomic E-state index is 12.6. The maximum atomic E-state index is 12.6. The number of ether oxygens (including phenoxy) is 2. The summed E-state index contributed by atoms with van der Waals surface area (Å²) in [5, 5.41) is 8.32. The van der Waals surface area contributed by atoms with Crippen LogP contribution in [0.25, 0.3) is 0 Å². The van der Waals surface area contributed by atoms with E-state index in [0.717, 1.165) is 12.1 Å². The summed E-state index contributed by atoms with van der Waals surface area (Å²) < 4.78 is 52.5. The van der Waals surface area contributed by atoms with Crippen molar-refractivity contribution in [3.8, 4) is 11.5 Å². The number of carbonyl (C=O) groups excluding carboxylic acids is 2. The molecule has 1 heterocycles. The fourth-order valence-electron chi connectivity index (χ4n) is 2.24. The van der Waals surface area contributed by atoms with Gasteiger partial charge in [0.25, 0.3) is 5.91 Å². The number of nitrogens with zero attached hydrogens (tertiary/aromatic N) is 1. The average Bonchev–Trinajstić information content (AvgIpc) is 3.17. The topological polar surface area (TPSA) is 103 Å². The van der Waals surface area contributed by atoms with Gasteiger partial charge in [0.05, 0.1) is 12.7 Å². The Morgan fingerprint density at radius 1 is 0.967 bits per heavy atom. The van der Waals surface area contributed by atoms with Crippen LogP contribution in [-0.2, 0) is 10.9 Å². The van der Waals surface area contributed by atoms with Crippen LogP contribution in [0, 0.1) is 0 Å².